The third-order valence-electron chi connectivity index (χ3n) is 10.3. The van der Waals surface area contributed by atoms with E-state index in [1.54, 1.807) is 0 Å². The van der Waals surface area contributed by atoms with Crippen LogP contribution in [0.5, 0.6) is 0 Å². The van der Waals surface area contributed by atoms with Crippen molar-refractivity contribution in [3.8, 4) is 72.8 Å². The van der Waals surface area contributed by atoms with Crippen LogP contribution in [0, 0.1) is 0 Å². The maximum atomic E-state index is 5.34. The minimum atomic E-state index is 0.933. The summed E-state index contributed by atoms with van der Waals surface area (Å²) in [7, 11) is 0. The second-order valence-corrected chi connectivity index (χ2v) is 13.7. The number of benzene rings is 7. The van der Waals surface area contributed by atoms with Crippen molar-refractivity contribution < 1.29 is 0 Å². The highest BCUT2D eigenvalue weighted by Gasteiger charge is 2.21. The van der Waals surface area contributed by atoms with Crippen LogP contribution in [0.4, 0.5) is 0 Å². The summed E-state index contributed by atoms with van der Waals surface area (Å²) in [5.41, 5.74) is 15.0. The Labute approximate surface area is 319 Å². The number of fused-ring (bicyclic) bond motifs is 3. The van der Waals surface area contributed by atoms with Crippen molar-refractivity contribution in [2.45, 2.75) is 0 Å². The molecule has 7 aromatic carbocycles. The Balaban J connectivity index is 1.12. The smallest absolute Gasteiger partial charge is 0.101 e. The highest BCUT2D eigenvalue weighted by Crippen LogP contribution is 2.43. The fourth-order valence-electron chi connectivity index (χ4n) is 7.64. The third kappa shape index (κ3) is 6.06. The fraction of sp³-hybridized carbons (Fsp3) is 0. The summed E-state index contributed by atoms with van der Waals surface area (Å²) in [6, 6.07) is 68.4. The monoisotopic (exact) mass is 702 g/mol. The molecule has 0 aliphatic carbocycles. The normalized spacial score (nSPS) is 11.3. The van der Waals surface area contributed by atoms with Crippen molar-refractivity contribution >= 4 is 21.7 Å². The minimum Gasteiger partial charge on any atom is -0.256 e. The van der Waals surface area contributed by atoms with Gasteiger partial charge < -0.3 is 0 Å². The lowest BCUT2D eigenvalue weighted by Gasteiger charge is -2.13. The molecule has 4 nitrogen and oxygen atoms in total. The Hall–Kier alpha value is -7.43. The molecule has 3 heterocycles. The van der Waals surface area contributed by atoms with E-state index < -0.39 is 0 Å². The SMILES string of the molecule is c1ccc(-c2cc3cc(-c4ccc(-c5cc(-c6ccccn6)cc(-c6ccccn6)c5)cc4)ccc3c3c2c(-c2ccccc2)nn3-c2ccccc2)cc1. The lowest BCUT2D eigenvalue weighted by molar-refractivity contribution is 0.918. The van der Waals surface area contributed by atoms with E-state index >= 15 is 0 Å². The molecular weight excluding hydrogens is 669 g/mol. The van der Waals surface area contributed by atoms with Gasteiger partial charge in [-0.25, -0.2) is 4.68 Å². The van der Waals surface area contributed by atoms with Crippen LogP contribution in [-0.2, 0) is 0 Å². The molecule has 4 heteroatoms. The maximum Gasteiger partial charge on any atom is 0.101 e. The molecule has 0 spiro atoms. The summed E-state index contributed by atoms with van der Waals surface area (Å²) in [4.78, 5) is 9.31. The Morgan fingerprint density at radius 3 is 1.49 bits per heavy atom. The number of nitrogens with zero attached hydrogens (tertiary/aromatic N) is 4. The van der Waals surface area contributed by atoms with Crippen LogP contribution in [0.1, 0.15) is 0 Å². The third-order valence-corrected chi connectivity index (χ3v) is 10.3. The molecule has 258 valence electrons. The largest absolute Gasteiger partial charge is 0.256 e. The topological polar surface area (TPSA) is 43.6 Å². The first-order valence-corrected chi connectivity index (χ1v) is 18.5. The summed E-state index contributed by atoms with van der Waals surface area (Å²) in [6.45, 7) is 0. The predicted octanol–water partition coefficient (Wildman–Crippen LogP) is 13.0. The van der Waals surface area contributed by atoms with Crippen molar-refractivity contribution in [1.82, 2.24) is 19.7 Å². The number of aromatic nitrogens is 4. The van der Waals surface area contributed by atoms with Crippen molar-refractivity contribution in [2.75, 3.05) is 0 Å². The van der Waals surface area contributed by atoms with Gasteiger partial charge in [-0.15, -0.1) is 0 Å². The first-order chi connectivity index (χ1) is 27.3. The molecule has 0 N–H and O–H groups in total. The van der Waals surface area contributed by atoms with Gasteiger partial charge in [-0.1, -0.05) is 127 Å². The molecule has 10 rings (SSSR count). The van der Waals surface area contributed by atoms with Gasteiger partial charge in [0.2, 0.25) is 0 Å². The minimum absolute atomic E-state index is 0.933. The van der Waals surface area contributed by atoms with Gasteiger partial charge in [0.25, 0.3) is 0 Å². The number of hydrogen-bond donors (Lipinski definition) is 0. The molecule has 0 aliphatic rings. The first kappa shape index (κ1) is 32.2. The Morgan fingerprint density at radius 2 is 0.891 bits per heavy atom. The first-order valence-electron chi connectivity index (χ1n) is 18.5. The van der Waals surface area contributed by atoms with Crippen LogP contribution in [0.25, 0.3) is 94.5 Å². The molecule has 0 amide bonds. The standard InChI is InChI=1S/C51H34N4/c1-4-14-37(15-5-1)46-34-41-30-39(26-27-45(41)51-49(46)50(38-16-6-2-7-17-38)54-55(51)44-18-8-3-9-19-44)35-22-24-36(25-23-35)40-31-42(47-20-10-12-28-52-47)33-43(32-40)48-21-11-13-29-53-48/h1-34H. The Bertz CT molecular complexity index is 2870. The summed E-state index contributed by atoms with van der Waals surface area (Å²) in [5, 5.41) is 8.80. The quantitative estimate of drug-likeness (QED) is 0.166. The molecule has 55 heavy (non-hydrogen) atoms. The molecular formula is C51H34N4. The Kier molecular flexibility index (Phi) is 8.12. The van der Waals surface area contributed by atoms with E-state index in [9.17, 15) is 0 Å². The molecule has 0 radical (unpaired) electrons. The van der Waals surface area contributed by atoms with Crippen LogP contribution < -0.4 is 0 Å². The van der Waals surface area contributed by atoms with E-state index in [0.29, 0.717) is 0 Å². The van der Waals surface area contributed by atoms with Crippen LogP contribution in [0.15, 0.2) is 207 Å². The van der Waals surface area contributed by atoms with E-state index in [0.717, 1.165) is 94.5 Å². The molecule has 0 saturated carbocycles. The van der Waals surface area contributed by atoms with Crippen molar-refractivity contribution in [1.29, 1.82) is 0 Å². The lowest BCUT2D eigenvalue weighted by atomic mass is 9.91. The molecule has 0 saturated heterocycles. The van der Waals surface area contributed by atoms with Crippen LogP contribution in [0.2, 0.25) is 0 Å². The summed E-state index contributed by atoms with van der Waals surface area (Å²) >= 11 is 0. The van der Waals surface area contributed by atoms with Crippen LogP contribution >= 0.6 is 0 Å². The predicted molar refractivity (Wildman–Crippen MR) is 227 cm³/mol. The van der Waals surface area contributed by atoms with E-state index in [1.807, 2.05) is 36.7 Å². The number of hydrogen-bond acceptors (Lipinski definition) is 3. The fourth-order valence-corrected chi connectivity index (χ4v) is 7.64. The van der Waals surface area contributed by atoms with E-state index in [-0.39, 0.29) is 0 Å². The Morgan fingerprint density at radius 1 is 0.364 bits per heavy atom. The van der Waals surface area contributed by atoms with Crippen molar-refractivity contribution in [3.05, 3.63) is 207 Å². The number of pyridine rings is 2. The van der Waals surface area contributed by atoms with Crippen LogP contribution in [-0.4, -0.2) is 19.7 Å². The van der Waals surface area contributed by atoms with Crippen LogP contribution in [0.3, 0.4) is 0 Å². The van der Waals surface area contributed by atoms with Gasteiger partial charge in [-0.3, -0.25) is 9.97 Å². The summed E-state index contributed by atoms with van der Waals surface area (Å²) < 4.78 is 2.12. The van der Waals surface area contributed by atoms with Gasteiger partial charge >= 0.3 is 0 Å². The zero-order valence-corrected chi connectivity index (χ0v) is 29.9. The average Bonchev–Trinajstić information content (AvgIpc) is 3.68. The molecule has 0 bridgehead atoms. The number of para-hydroxylation sites is 1. The van der Waals surface area contributed by atoms with Crippen molar-refractivity contribution in [2.24, 2.45) is 0 Å². The maximum absolute atomic E-state index is 5.34. The summed E-state index contributed by atoms with van der Waals surface area (Å²) in [6.07, 6.45) is 3.68. The van der Waals surface area contributed by atoms with E-state index in [4.69, 9.17) is 5.10 Å². The molecule has 0 fully saturated rings. The molecule has 0 aliphatic heterocycles. The van der Waals surface area contributed by atoms with Gasteiger partial charge in [-0.2, -0.15) is 5.10 Å². The van der Waals surface area contributed by atoms with Gasteiger partial charge in [0.05, 0.1) is 22.6 Å². The number of rotatable bonds is 7. The second-order valence-electron chi connectivity index (χ2n) is 13.7. The molecule has 10 aromatic rings. The molecule has 3 aromatic heterocycles. The van der Waals surface area contributed by atoms with Crippen molar-refractivity contribution in [3.63, 3.8) is 0 Å². The van der Waals surface area contributed by atoms with Gasteiger partial charge in [0.15, 0.2) is 0 Å². The highest BCUT2D eigenvalue weighted by atomic mass is 15.3. The van der Waals surface area contributed by atoms with E-state index in [1.165, 1.54) is 0 Å². The zero-order chi connectivity index (χ0) is 36.6. The highest BCUT2D eigenvalue weighted by molar-refractivity contribution is 6.17. The van der Waals surface area contributed by atoms with Gasteiger partial charge in [0, 0.05) is 39.9 Å². The zero-order valence-electron chi connectivity index (χ0n) is 29.9. The van der Waals surface area contributed by atoms with E-state index in [2.05, 4.69) is 185 Å². The summed E-state index contributed by atoms with van der Waals surface area (Å²) in [5.74, 6) is 0. The average molecular weight is 703 g/mol. The lowest BCUT2D eigenvalue weighted by Crippen LogP contribution is -1.97. The van der Waals surface area contributed by atoms with Gasteiger partial charge in [0.1, 0.15) is 5.69 Å². The molecule has 0 unspecified atom stereocenters. The second kappa shape index (κ2) is 13.8. The molecule has 0 atom stereocenters. The van der Waals surface area contributed by atoms with Gasteiger partial charge in [-0.05, 0) is 105 Å².